The van der Waals surface area contributed by atoms with Crippen molar-refractivity contribution >= 4 is 11.9 Å². The summed E-state index contributed by atoms with van der Waals surface area (Å²) in [5.41, 5.74) is 0. The van der Waals surface area contributed by atoms with Crippen molar-refractivity contribution in [3.05, 3.63) is 30.1 Å². The Bertz CT molecular complexity index is 577. The van der Waals surface area contributed by atoms with Gasteiger partial charge in [-0.1, -0.05) is 0 Å². The van der Waals surface area contributed by atoms with Crippen LogP contribution in [0, 0.1) is 5.82 Å². The molecule has 0 bridgehead atoms. The molecule has 0 aromatic heterocycles. The number of carbonyl (C=O) groups excluding carboxylic acids is 2. The molecule has 0 aliphatic carbocycles. The zero-order valence-corrected chi connectivity index (χ0v) is 14.3. The van der Waals surface area contributed by atoms with Crippen LogP contribution in [0.5, 0.6) is 5.75 Å². The number of hydrogen-bond donors (Lipinski definition) is 1. The van der Waals surface area contributed by atoms with Gasteiger partial charge in [-0.25, -0.2) is 9.18 Å². The summed E-state index contributed by atoms with van der Waals surface area (Å²) in [6, 6.07) is 4.90. The normalized spacial score (nSPS) is 18.2. The second-order valence-corrected chi connectivity index (χ2v) is 6.16. The van der Waals surface area contributed by atoms with Crippen LogP contribution in [0.1, 0.15) is 19.8 Å². The molecule has 0 radical (unpaired) electrons. The Morgan fingerprint density at radius 3 is 2.67 bits per heavy atom. The predicted molar refractivity (Wildman–Crippen MR) is 88.3 cm³/mol. The molecule has 3 amide bonds. The van der Waals surface area contributed by atoms with E-state index in [9.17, 15) is 14.0 Å². The van der Waals surface area contributed by atoms with E-state index < -0.39 is 6.04 Å². The van der Waals surface area contributed by atoms with Crippen LogP contribution in [0.2, 0.25) is 0 Å². The van der Waals surface area contributed by atoms with Gasteiger partial charge in [-0.3, -0.25) is 4.79 Å². The van der Waals surface area contributed by atoms with Gasteiger partial charge in [0.05, 0.1) is 6.04 Å². The lowest BCUT2D eigenvalue weighted by Gasteiger charge is -2.27. The van der Waals surface area contributed by atoms with E-state index in [1.165, 1.54) is 17.0 Å². The van der Waals surface area contributed by atoms with Crippen LogP contribution in [-0.4, -0.2) is 61.1 Å². The number of likely N-dealkylation sites (tertiary alicyclic amines) is 1. The van der Waals surface area contributed by atoms with Gasteiger partial charge in [0.25, 0.3) is 0 Å². The van der Waals surface area contributed by atoms with Crippen LogP contribution in [0.15, 0.2) is 24.3 Å². The molecule has 7 heteroatoms. The lowest BCUT2D eigenvalue weighted by Crippen LogP contribution is -2.51. The van der Waals surface area contributed by atoms with Crippen molar-refractivity contribution in [2.75, 3.05) is 27.2 Å². The van der Waals surface area contributed by atoms with E-state index in [1.54, 1.807) is 38.1 Å². The van der Waals surface area contributed by atoms with E-state index in [0.29, 0.717) is 18.9 Å². The highest BCUT2D eigenvalue weighted by Gasteiger charge is 2.31. The highest BCUT2D eigenvalue weighted by atomic mass is 19.1. The summed E-state index contributed by atoms with van der Waals surface area (Å²) >= 11 is 0. The van der Waals surface area contributed by atoms with E-state index in [2.05, 4.69) is 5.32 Å². The van der Waals surface area contributed by atoms with Gasteiger partial charge in [0, 0.05) is 20.6 Å². The van der Waals surface area contributed by atoms with Crippen molar-refractivity contribution in [3.8, 4) is 5.75 Å². The van der Waals surface area contributed by atoms with Crippen molar-refractivity contribution in [1.82, 2.24) is 15.1 Å². The van der Waals surface area contributed by atoms with E-state index >= 15 is 0 Å². The number of nitrogens with one attached hydrogen (secondary N) is 1. The molecule has 0 spiro atoms. The van der Waals surface area contributed by atoms with Crippen LogP contribution in [0.3, 0.4) is 0 Å². The molecular weight excluding hydrogens is 313 g/mol. The van der Waals surface area contributed by atoms with Crippen LogP contribution < -0.4 is 10.1 Å². The maximum absolute atomic E-state index is 12.9. The molecule has 1 saturated heterocycles. The number of urea groups is 1. The molecule has 2 rings (SSSR count). The summed E-state index contributed by atoms with van der Waals surface area (Å²) in [5, 5.41) is 2.73. The van der Waals surface area contributed by atoms with Gasteiger partial charge >= 0.3 is 6.03 Å². The lowest BCUT2D eigenvalue weighted by atomic mass is 10.2. The Balaban J connectivity index is 1.88. The summed E-state index contributed by atoms with van der Waals surface area (Å²) < 4.78 is 18.5. The Hall–Kier alpha value is -2.31. The fourth-order valence-electron chi connectivity index (χ4n) is 2.72. The minimum atomic E-state index is -0.577. The first-order chi connectivity index (χ1) is 11.4. The van der Waals surface area contributed by atoms with Gasteiger partial charge in [0.1, 0.15) is 24.2 Å². The number of hydrogen-bond acceptors (Lipinski definition) is 3. The zero-order chi connectivity index (χ0) is 17.7. The van der Waals surface area contributed by atoms with Crippen LogP contribution >= 0.6 is 0 Å². The molecule has 1 aromatic carbocycles. The molecule has 1 fully saturated rings. The SMILES string of the molecule is CC(NC(=O)N1CCC[C@H]1COc1ccc(F)cc1)C(=O)N(C)C. The van der Waals surface area contributed by atoms with Gasteiger partial charge in [-0.15, -0.1) is 0 Å². The predicted octanol–water partition coefficient (Wildman–Crippen LogP) is 1.86. The molecule has 1 unspecified atom stereocenters. The highest BCUT2D eigenvalue weighted by Crippen LogP contribution is 2.19. The quantitative estimate of drug-likeness (QED) is 0.892. The van der Waals surface area contributed by atoms with Gasteiger partial charge in [0.2, 0.25) is 5.91 Å². The number of amides is 3. The fourth-order valence-corrected chi connectivity index (χ4v) is 2.72. The van der Waals surface area contributed by atoms with Gasteiger partial charge < -0.3 is 19.9 Å². The number of ether oxygens (including phenoxy) is 1. The number of halogens is 1. The second kappa shape index (κ2) is 7.99. The molecule has 1 aliphatic heterocycles. The van der Waals surface area contributed by atoms with Crippen molar-refractivity contribution in [2.24, 2.45) is 0 Å². The topological polar surface area (TPSA) is 61.9 Å². The summed E-state index contributed by atoms with van der Waals surface area (Å²) in [7, 11) is 3.31. The van der Waals surface area contributed by atoms with Crippen LogP contribution in [0.4, 0.5) is 9.18 Å². The molecular formula is C17H24FN3O3. The minimum Gasteiger partial charge on any atom is -0.491 e. The summed E-state index contributed by atoms with van der Waals surface area (Å²) in [5.74, 6) is 0.102. The molecule has 2 atom stereocenters. The molecule has 1 heterocycles. The number of benzene rings is 1. The third-order valence-corrected chi connectivity index (χ3v) is 4.05. The number of carbonyl (C=O) groups is 2. The van der Waals surface area contributed by atoms with Crippen LogP contribution in [-0.2, 0) is 4.79 Å². The van der Waals surface area contributed by atoms with E-state index in [-0.39, 0.29) is 23.8 Å². The molecule has 132 valence electrons. The molecule has 1 N–H and O–H groups in total. The van der Waals surface area contributed by atoms with Gasteiger partial charge in [0.15, 0.2) is 0 Å². The average molecular weight is 337 g/mol. The third kappa shape index (κ3) is 4.59. The van der Waals surface area contributed by atoms with Crippen molar-refractivity contribution in [2.45, 2.75) is 31.8 Å². The monoisotopic (exact) mass is 337 g/mol. The van der Waals surface area contributed by atoms with E-state index in [0.717, 1.165) is 12.8 Å². The molecule has 24 heavy (non-hydrogen) atoms. The Labute approximate surface area is 141 Å². The Kier molecular flexibility index (Phi) is 6.00. The van der Waals surface area contributed by atoms with Gasteiger partial charge in [-0.2, -0.15) is 0 Å². The zero-order valence-electron chi connectivity index (χ0n) is 14.3. The number of likely N-dealkylation sites (N-methyl/N-ethyl adjacent to an activating group) is 1. The second-order valence-electron chi connectivity index (χ2n) is 6.16. The fraction of sp³-hybridized carbons (Fsp3) is 0.529. The summed E-state index contributed by atoms with van der Waals surface area (Å²) in [6.45, 7) is 2.64. The van der Waals surface area contributed by atoms with Crippen LogP contribution in [0.25, 0.3) is 0 Å². The summed E-state index contributed by atoms with van der Waals surface area (Å²) in [6.07, 6.45) is 1.73. The maximum atomic E-state index is 12.9. The Morgan fingerprint density at radius 2 is 2.04 bits per heavy atom. The first-order valence-corrected chi connectivity index (χ1v) is 8.05. The largest absolute Gasteiger partial charge is 0.491 e. The number of nitrogens with zero attached hydrogens (tertiary/aromatic N) is 2. The molecule has 1 aliphatic rings. The standard InChI is InChI=1S/C17H24FN3O3/c1-12(16(22)20(2)3)19-17(23)21-10-4-5-14(21)11-24-15-8-6-13(18)7-9-15/h6-9,12,14H,4-5,10-11H2,1-3H3,(H,19,23)/t12?,14-/m0/s1. The lowest BCUT2D eigenvalue weighted by molar-refractivity contribution is -0.130. The molecule has 1 aromatic rings. The molecule has 6 nitrogen and oxygen atoms in total. The van der Waals surface area contributed by atoms with E-state index in [4.69, 9.17) is 4.74 Å². The maximum Gasteiger partial charge on any atom is 0.318 e. The summed E-state index contributed by atoms with van der Waals surface area (Å²) in [4.78, 5) is 27.4. The van der Waals surface area contributed by atoms with Crippen molar-refractivity contribution in [1.29, 1.82) is 0 Å². The Morgan fingerprint density at radius 1 is 1.38 bits per heavy atom. The average Bonchev–Trinajstić information content (AvgIpc) is 3.02. The van der Waals surface area contributed by atoms with Gasteiger partial charge in [-0.05, 0) is 44.0 Å². The third-order valence-electron chi connectivity index (χ3n) is 4.05. The van der Waals surface area contributed by atoms with Crippen molar-refractivity contribution < 1.29 is 18.7 Å². The first kappa shape index (κ1) is 18.0. The smallest absolute Gasteiger partial charge is 0.318 e. The van der Waals surface area contributed by atoms with E-state index in [1.807, 2.05) is 0 Å². The number of rotatable bonds is 5. The molecule has 0 saturated carbocycles. The highest BCUT2D eigenvalue weighted by molar-refractivity contribution is 5.86. The van der Waals surface area contributed by atoms with Crippen molar-refractivity contribution in [3.63, 3.8) is 0 Å². The first-order valence-electron chi connectivity index (χ1n) is 8.05. The minimum absolute atomic E-state index is 0.0586.